The van der Waals surface area contributed by atoms with E-state index in [9.17, 15) is 4.39 Å². The molecule has 0 spiro atoms. The van der Waals surface area contributed by atoms with E-state index in [0.717, 1.165) is 31.0 Å². The lowest BCUT2D eigenvalue weighted by Crippen LogP contribution is -2.37. The highest BCUT2D eigenvalue weighted by atomic mass is 127. The summed E-state index contributed by atoms with van der Waals surface area (Å²) in [5.41, 5.74) is 1.07. The van der Waals surface area contributed by atoms with Crippen LogP contribution in [0.2, 0.25) is 0 Å². The number of hydrogen-bond acceptors (Lipinski definition) is 2. The van der Waals surface area contributed by atoms with Gasteiger partial charge in [-0.3, -0.25) is 4.99 Å². The molecule has 0 saturated heterocycles. The molecule has 2 rings (SSSR count). The van der Waals surface area contributed by atoms with Gasteiger partial charge in [0.1, 0.15) is 5.82 Å². The fraction of sp³-hybridized carbons (Fsp3) is 0.267. The van der Waals surface area contributed by atoms with Gasteiger partial charge in [-0.1, -0.05) is 12.1 Å². The largest absolute Gasteiger partial charge is 0.356 e. The smallest absolute Gasteiger partial charge is 0.191 e. The van der Waals surface area contributed by atoms with Crippen LogP contribution in [0.5, 0.6) is 0 Å². The Morgan fingerprint density at radius 3 is 2.77 bits per heavy atom. The number of aliphatic imine (C=N–C) groups is 1. The van der Waals surface area contributed by atoms with Gasteiger partial charge in [0.15, 0.2) is 5.96 Å². The lowest BCUT2D eigenvalue weighted by molar-refractivity contribution is 0.620. The zero-order valence-corrected chi connectivity index (χ0v) is 16.8. The van der Waals surface area contributed by atoms with E-state index in [0.29, 0.717) is 4.47 Å². The van der Waals surface area contributed by atoms with Crippen molar-refractivity contribution in [3.63, 3.8) is 0 Å². The summed E-state index contributed by atoms with van der Waals surface area (Å²) in [6.07, 6.45) is 0.804. The Morgan fingerprint density at radius 2 is 2.14 bits per heavy atom. The summed E-state index contributed by atoms with van der Waals surface area (Å²) in [7, 11) is 1.75. The predicted octanol–water partition coefficient (Wildman–Crippen LogP) is 4.18. The van der Waals surface area contributed by atoms with Crippen LogP contribution in [0.3, 0.4) is 0 Å². The normalized spacial score (nSPS) is 11.0. The number of nitrogens with zero attached hydrogens (tertiary/aromatic N) is 1. The van der Waals surface area contributed by atoms with Gasteiger partial charge in [-0.05, 0) is 51.5 Å². The molecule has 1 aromatic heterocycles. The van der Waals surface area contributed by atoms with Crippen LogP contribution in [0.15, 0.2) is 45.2 Å². The molecule has 2 aromatic rings. The van der Waals surface area contributed by atoms with Gasteiger partial charge >= 0.3 is 0 Å². The van der Waals surface area contributed by atoms with Crippen LogP contribution in [0, 0.1) is 5.82 Å². The van der Waals surface area contributed by atoms with Gasteiger partial charge in [0, 0.05) is 18.5 Å². The van der Waals surface area contributed by atoms with Gasteiger partial charge < -0.3 is 10.6 Å². The van der Waals surface area contributed by atoms with Gasteiger partial charge in [0.25, 0.3) is 0 Å². The second-order valence-corrected chi connectivity index (χ2v) is 6.32. The highest BCUT2D eigenvalue weighted by molar-refractivity contribution is 14.0. The number of nitrogens with one attached hydrogen (secondary N) is 2. The summed E-state index contributed by atoms with van der Waals surface area (Å²) >= 11 is 4.91. The van der Waals surface area contributed by atoms with Crippen molar-refractivity contribution in [3.05, 3.63) is 56.4 Å². The monoisotopic (exact) mass is 497 g/mol. The number of hydrogen-bond donors (Lipinski definition) is 2. The molecule has 1 heterocycles. The molecule has 0 unspecified atom stereocenters. The van der Waals surface area contributed by atoms with Gasteiger partial charge in [-0.2, -0.15) is 0 Å². The fourth-order valence-electron chi connectivity index (χ4n) is 1.82. The van der Waals surface area contributed by atoms with Crippen LogP contribution in [0.4, 0.5) is 4.39 Å². The van der Waals surface area contributed by atoms with Gasteiger partial charge in [0.05, 0.1) is 11.0 Å². The van der Waals surface area contributed by atoms with Crippen molar-refractivity contribution in [1.82, 2.24) is 10.6 Å². The SMILES string of the molecule is CN=C(NCCc1ccc(F)c(Br)c1)NCc1cccs1.I. The van der Waals surface area contributed by atoms with E-state index in [4.69, 9.17) is 0 Å². The Bertz CT molecular complexity index is 605. The van der Waals surface area contributed by atoms with Crippen LogP contribution < -0.4 is 10.6 Å². The van der Waals surface area contributed by atoms with Crippen molar-refractivity contribution in [1.29, 1.82) is 0 Å². The minimum absolute atomic E-state index is 0. The summed E-state index contributed by atoms with van der Waals surface area (Å²) in [4.78, 5) is 5.44. The van der Waals surface area contributed by atoms with E-state index in [1.165, 1.54) is 10.9 Å². The molecule has 0 atom stereocenters. The van der Waals surface area contributed by atoms with Crippen molar-refractivity contribution in [2.45, 2.75) is 13.0 Å². The zero-order valence-electron chi connectivity index (χ0n) is 12.1. The van der Waals surface area contributed by atoms with Crippen LogP contribution >= 0.6 is 51.2 Å². The third-order valence-corrected chi connectivity index (χ3v) is 4.41. The first-order chi connectivity index (χ1) is 10.2. The second kappa shape index (κ2) is 10.2. The topological polar surface area (TPSA) is 36.4 Å². The number of rotatable bonds is 5. The first kappa shape index (κ1) is 19.4. The minimum Gasteiger partial charge on any atom is -0.356 e. The molecule has 0 amide bonds. The van der Waals surface area contributed by atoms with Gasteiger partial charge in [0.2, 0.25) is 0 Å². The number of thiophene rings is 1. The maximum Gasteiger partial charge on any atom is 0.191 e. The maximum absolute atomic E-state index is 13.1. The fourth-order valence-corrected chi connectivity index (χ4v) is 2.90. The van der Waals surface area contributed by atoms with E-state index in [2.05, 4.69) is 43.0 Å². The number of halogens is 3. The molecule has 0 radical (unpaired) electrons. The van der Waals surface area contributed by atoms with E-state index < -0.39 is 0 Å². The van der Waals surface area contributed by atoms with Gasteiger partial charge in [-0.15, -0.1) is 35.3 Å². The molecule has 2 N–H and O–H groups in total. The Balaban J connectivity index is 0.00000242. The minimum atomic E-state index is -0.236. The average molecular weight is 498 g/mol. The predicted molar refractivity (Wildman–Crippen MR) is 106 cm³/mol. The molecule has 0 aliphatic heterocycles. The average Bonchev–Trinajstić information content (AvgIpc) is 2.99. The third-order valence-electron chi connectivity index (χ3n) is 2.92. The molecule has 22 heavy (non-hydrogen) atoms. The lowest BCUT2D eigenvalue weighted by atomic mass is 10.1. The highest BCUT2D eigenvalue weighted by Gasteiger charge is 2.02. The van der Waals surface area contributed by atoms with Crippen LogP contribution in [-0.4, -0.2) is 19.6 Å². The molecular weight excluding hydrogens is 480 g/mol. The number of guanidine groups is 1. The lowest BCUT2D eigenvalue weighted by Gasteiger charge is -2.11. The molecule has 3 nitrogen and oxygen atoms in total. The van der Waals surface area contributed by atoms with Crippen LogP contribution in [0.1, 0.15) is 10.4 Å². The van der Waals surface area contributed by atoms with Crippen molar-refractivity contribution >= 4 is 57.2 Å². The molecule has 1 aromatic carbocycles. The molecule has 0 fully saturated rings. The Morgan fingerprint density at radius 1 is 1.32 bits per heavy atom. The summed E-state index contributed by atoms with van der Waals surface area (Å²) in [6.45, 7) is 1.50. The molecule has 120 valence electrons. The number of benzene rings is 1. The Kier molecular flexibility index (Phi) is 8.96. The summed E-state index contributed by atoms with van der Waals surface area (Å²) in [6, 6.07) is 9.19. The van der Waals surface area contributed by atoms with Crippen molar-refractivity contribution < 1.29 is 4.39 Å². The molecule has 0 bridgehead atoms. The first-order valence-electron chi connectivity index (χ1n) is 6.60. The van der Waals surface area contributed by atoms with E-state index in [-0.39, 0.29) is 29.8 Å². The van der Waals surface area contributed by atoms with Crippen molar-refractivity contribution in [3.8, 4) is 0 Å². The quantitative estimate of drug-likeness (QED) is 0.369. The van der Waals surface area contributed by atoms with Crippen LogP contribution in [0.25, 0.3) is 0 Å². The Hall–Kier alpha value is -0.670. The standard InChI is InChI=1S/C15H17BrFN3S.HI/c1-18-15(20-10-12-3-2-8-21-12)19-7-6-11-4-5-14(17)13(16)9-11;/h2-5,8-9H,6-7,10H2,1H3,(H2,18,19,20);1H. The van der Waals surface area contributed by atoms with E-state index in [1.54, 1.807) is 30.5 Å². The second-order valence-electron chi connectivity index (χ2n) is 4.43. The van der Waals surface area contributed by atoms with Crippen molar-refractivity contribution in [2.24, 2.45) is 4.99 Å². The van der Waals surface area contributed by atoms with E-state index >= 15 is 0 Å². The van der Waals surface area contributed by atoms with Gasteiger partial charge in [-0.25, -0.2) is 4.39 Å². The highest BCUT2D eigenvalue weighted by Crippen LogP contribution is 2.16. The molecule has 0 saturated carbocycles. The molecule has 7 heteroatoms. The first-order valence-corrected chi connectivity index (χ1v) is 8.27. The molecule has 0 aliphatic carbocycles. The summed E-state index contributed by atoms with van der Waals surface area (Å²) in [5.74, 6) is 0.532. The van der Waals surface area contributed by atoms with Crippen molar-refractivity contribution in [2.75, 3.05) is 13.6 Å². The Labute approximate surface area is 159 Å². The maximum atomic E-state index is 13.1. The molecule has 0 aliphatic rings. The molecular formula is C15H18BrFIN3S. The summed E-state index contributed by atoms with van der Waals surface area (Å²) < 4.78 is 13.6. The van der Waals surface area contributed by atoms with Crippen LogP contribution in [-0.2, 0) is 13.0 Å². The zero-order chi connectivity index (χ0) is 15.1. The van der Waals surface area contributed by atoms with E-state index in [1.807, 2.05) is 6.07 Å². The third kappa shape index (κ3) is 6.21. The summed E-state index contributed by atoms with van der Waals surface area (Å²) in [5, 5.41) is 8.56.